The number of aryl methyl sites for hydroxylation is 1. The molecular weight excluding hydrogens is 413 g/mol. The van der Waals surface area contributed by atoms with Crippen molar-refractivity contribution in [2.24, 2.45) is 0 Å². The molecule has 2 aromatic carbocycles. The average Bonchev–Trinajstić information content (AvgIpc) is 2.54. The maximum atomic E-state index is 12.0. The number of hydrogen-bond acceptors (Lipinski definition) is 4. The van der Waals surface area contributed by atoms with Gasteiger partial charge in [-0.05, 0) is 53.3 Å². The summed E-state index contributed by atoms with van der Waals surface area (Å²) in [6.07, 6.45) is 0. The summed E-state index contributed by atoms with van der Waals surface area (Å²) in [5.41, 5.74) is 5.85. The molecule has 0 saturated heterocycles. The van der Waals surface area contributed by atoms with Crippen molar-refractivity contribution in [3.8, 4) is 0 Å². The molecule has 2 N–H and O–H groups in total. The number of carbonyl (C=O) groups excluding carboxylic acids is 2. The second-order valence-corrected chi connectivity index (χ2v) is 5.84. The lowest BCUT2D eigenvalue weighted by Crippen LogP contribution is -2.41. The van der Waals surface area contributed by atoms with Gasteiger partial charge in [0.2, 0.25) is 0 Å². The number of hydrazine groups is 1. The molecule has 0 aromatic heterocycles. The molecule has 2 rings (SSSR count). The van der Waals surface area contributed by atoms with Gasteiger partial charge in [-0.3, -0.25) is 30.6 Å². The van der Waals surface area contributed by atoms with Crippen LogP contribution in [0.25, 0.3) is 0 Å². The van der Waals surface area contributed by atoms with Gasteiger partial charge >= 0.3 is 0 Å². The van der Waals surface area contributed by atoms with E-state index in [1.165, 1.54) is 18.2 Å². The number of nitrogens with zero attached hydrogens (tertiary/aromatic N) is 1. The number of halogens is 1. The van der Waals surface area contributed by atoms with E-state index in [0.29, 0.717) is 5.56 Å². The van der Waals surface area contributed by atoms with Crippen molar-refractivity contribution in [1.82, 2.24) is 10.9 Å². The van der Waals surface area contributed by atoms with E-state index < -0.39 is 16.7 Å². The Hall–Kier alpha value is -2.49. The minimum Gasteiger partial charge on any atom is -0.267 e. The van der Waals surface area contributed by atoms with Gasteiger partial charge in [-0.25, -0.2) is 0 Å². The summed E-state index contributed by atoms with van der Waals surface area (Å²) in [6.45, 7) is 1.92. The number of nitrogens with one attached hydrogen (secondary N) is 2. The summed E-state index contributed by atoms with van der Waals surface area (Å²) in [6, 6.07) is 10.4. The largest absolute Gasteiger partial charge is 0.270 e. The first-order chi connectivity index (χ1) is 10.9. The van der Waals surface area contributed by atoms with Crippen LogP contribution in [-0.4, -0.2) is 16.7 Å². The average molecular weight is 425 g/mol. The molecule has 0 saturated carbocycles. The van der Waals surface area contributed by atoms with E-state index in [0.717, 1.165) is 15.2 Å². The van der Waals surface area contributed by atoms with Crippen LogP contribution in [0.5, 0.6) is 0 Å². The van der Waals surface area contributed by atoms with E-state index in [9.17, 15) is 19.7 Å². The van der Waals surface area contributed by atoms with Crippen LogP contribution in [0.2, 0.25) is 0 Å². The number of rotatable bonds is 3. The monoisotopic (exact) mass is 425 g/mol. The lowest BCUT2D eigenvalue weighted by atomic mass is 10.1. The summed E-state index contributed by atoms with van der Waals surface area (Å²) < 4.78 is 0.931. The summed E-state index contributed by atoms with van der Waals surface area (Å²) >= 11 is 2.11. The molecule has 0 atom stereocenters. The second-order valence-electron chi connectivity index (χ2n) is 4.68. The zero-order valence-corrected chi connectivity index (χ0v) is 14.2. The van der Waals surface area contributed by atoms with Gasteiger partial charge in [0.1, 0.15) is 0 Å². The van der Waals surface area contributed by atoms with Crippen LogP contribution in [0.15, 0.2) is 42.5 Å². The molecule has 0 aliphatic heterocycles. The number of amides is 2. The van der Waals surface area contributed by atoms with Crippen molar-refractivity contribution in [3.05, 3.63) is 72.8 Å². The maximum absolute atomic E-state index is 12.0. The van der Waals surface area contributed by atoms with Crippen LogP contribution in [0.1, 0.15) is 26.3 Å². The summed E-state index contributed by atoms with van der Waals surface area (Å²) in [5.74, 6) is -1.11. The number of nitro benzene ring substituents is 1. The third-order valence-corrected chi connectivity index (χ3v) is 4.20. The number of benzene rings is 2. The highest BCUT2D eigenvalue weighted by molar-refractivity contribution is 14.1. The van der Waals surface area contributed by atoms with E-state index in [1.54, 1.807) is 18.2 Å². The fourth-order valence-electron chi connectivity index (χ4n) is 1.75. The quantitative estimate of drug-likeness (QED) is 0.449. The van der Waals surface area contributed by atoms with Crippen molar-refractivity contribution in [3.63, 3.8) is 0 Å². The Labute approximate surface area is 145 Å². The minimum atomic E-state index is -0.635. The van der Waals surface area contributed by atoms with Gasteiger partial charge in [0.15, 0.2) is 0 Å². The molecule has 118 valence electrons. The molecule has 0 aliphatic carbocycles. The Balaban J connectivity index is 2.03. The fourth-order valence-corrected chi connectivity index (χ4v) is 2.27. The molecule has 0 aliphatic rings. The van der Waals surface area contributed by atoms with Gasteiger partial charge in [0.05, 0.1) is 4.92 Å². The van der Waals surface area contributed by atoms with Crippen LogP contribution < -0.4 is 10.9 Å². The Bertz CT molecular complexity index is 792. The van der Waals surface area contributed by atoms with Gasteiger partial charge in [0, 0.05) is 26.8 Å². The molecule has 0 bridgehead atoms. The summed E-state index contributed by atoms with van der Waals surface area (Å²) in [7, 11) is 0. The van der Waals surface area contributed by atoms with Crippen LogP contribution in [0.4, 0.5) is 5.69 Å². The zero-order valence-electron chi connectivity index (χ0n) is 12.0. The fraction of sp³-hybridized carbons (Fsp3) is 0.0667. The number of non-ortho nitro benzene ring substituents is 1. The smallest absolute Gasteiger partial charge is 0.267 e. The van der Waals surface area contributed by atoms with Crippen LogP contribution in [-0.2, 0) is 0 Å². The van der Waals surface area contributed by atoms with E-state index in [2.05, 4.69) is 33.4 Å². The minimum absolute atomic E-state index is 0.0815. The van der Waals surface area contributed by atoms with Crippen LogP contribution in [0.3, 0.4) is 0 Å². The topological polar surface area (TPSA) is 101 Å². The van der Waals surface area contributed by atoms with Gasteiger partial charge in [0.25, 0.3) is 17.5 Å². The first-order valence-corrected chi connectivity index (χ1v) is 7.57. The van der Waals surface area contributed by atoms with E-state index in [1.807, 2.05) is 6.92 Å². The van der Waals surface area contributed by atoms with Crippen molar-refractivity contribution >= 4 is 40.1 Å². The Morgan fingerprint density at radius 2 is 1.65 bits per heavy atom. The van der Waals surface area contributed by atoms with Gasteiger partial charge < -0.3 is 0 Å². The molecule has 0 spiro atoms. The molecule has 0 unspecified atom stereocenters. The molecule has 2 aromatic rings. The lowest BCUT2D eigenvalue weighted by Gasteiger charge is -2.08. The van der Waals surface area contributed by atoms with Gasteiger partial charge in [-0.15, -0.1) is 0 Å². The Kier molecular flexibility index (Phi) is 5.27. The number of carbonyl (C=O) groups is 2. The van der Waals surface area contributed by atoms with Gasteiger partial charge in [-0.1, -0.05) is 12.1 Å². The molecule has 0 radical (unpaired) electrons. The standard InChI is InChI=1S/C15H12IN3O4/c1-9-5-6-11(8-13(9)16)15(21)18-17-14(20)10-3-2-4-12(7-10)19(22)23/h2-8H,1H3,(H,17,20)(H,18,21). The van der Waals surface area contributed by atoms with E-state index >= 15 is 0 Å². The lowest BCUT2D eigenvalue weighted by molar-refractivity contribution is -0.384. The molecule has 23 heavy (non-hydrogen) atoms. The summed E-state index contributed by atoms with van der Waals surface area (Å²) in [5, 5.41) is 10.7. The van der Waals surface area contributed by atoms with E-state index in [4.69, 9.17) is 0 Å². The first-order valence-electron chi connectivity index (χ1n) is 6.50. The highest BCUT2D eigenvalue weighted by Gasteiger charge is 2.13. The van der Waals surface area contributed by atoms with Gasteiger partial charge in [-0.2, -0.15) is 0 Å². The SMILES string of the molecule is Cc1ccc(C(=O)NNC(=O)c2cccc([N+](=O)[O-])c2)cc1I. The zero-order chi connectivity index (χ0) is 17.0. The summed E-state index contributed by atoms with van der Waals surface area (Å²) in [4.78, 5) is 34.0. The Morgan fingerprint density at radius 1 is 1.04 bits per heavy atom. The van der Waals surface area contributed by atoms with Crippen molar-refractivity contribution in [2.45, 2.75) is 6.92 Å². The highest BCUT2D eigenvalue weighted by atomic mass is 127. The third kappa shape index (κ3) is 4.25. The molecule has 7 nitrogen and oxygen atoms in total. The second kappa shape index (κ2) is 7.18. The first kappa shape index (κ1) is 16.9. The Morgan fingerprint density at radius 3 is 2.22 bits per heavy atom. The predicted molar refractivity (Wildman–Crippen MR) is 91.9 cm³/mol. The molecule has 2 amide bonds. The predicted octanol–water partition coefficient (Wildman–Crippen LogP) is 2.58. The molecule has 0 fully saturated rings. The van der Waals surface area contributed by atoms with Crippen molar-refractivity contribution < 1.29 is 14.5 Å². The van der Waals surface area contributed by atoms with Crippen LogP contribution >= 0.6 is 22.6 Å². The molecule has 0 heterocycles. The molecular formula is C15H12IN3O4. The normalized spacial score (nSPS) is 10.0. The van der Waals surface area contributed by atoms with Crippen LogP contribution in [0, 0.1) is 20.6 Å². The van der Waals surface area contributed by atoms with E-state index in [-0.39, 0.29) is 11.3 Å². The van der Waals surface area contributed by atoms with Crippen molar-refractivity contribution in [2.75, 3.05) is 0 Å². The molecule has 8 heteroatoms. The number of nitro groups is 1. The third-order valence-electron chi connectivity index (χ3n) is 3.04. The highest BCUT2D eigenvalue weighted by Crippen LogP contribution is 2.14. The number of hydrogen-bond donors (Lipinski definition) is 2. The van der Waals surface area contributed by atoms with Crippen molar-refractivity contribution in [1.29, 1.82) is 0 Å². The maximum Gasteiger partial charge on any atom is 0.270 e.